The molecule has 3 rings (SSSR count). The average Bonchev–Trinajstić information content (AvgIpc) is 2.74. The van der Waals surface area contributed by atoms with E-state index in [0.29, 0.717) is 5.56 Å². The molecule has 0 amide bonds. The zero-order valence-electron chi connectivity index (χ0n) is 8.65. The van der Waals surface area contributed by atoms with Crippen LogP contribution in [0, 0.1) is 5.82 Å². The van der Waals surface area contributed by atoms with E-state index in [1.165, 1.54) is 11.8 Å². The second-order valence-corrected chi connectivity index (χ2v) is 3.91. The van der Waals surface area contributed by atoms with Gasteiger partial charge in [-0.2, -0.15) is 0 Å². The quantitative estimate of drug-likeness (QED) is 0.788. The number of pyridine rings is 1. The van der Waals surface area contributed by atoms with Gasteiger partial charge in [0.15, 0.2) is 0 Å². The summed E-state index contributed by atoms with van der Waals surface area (Å²) in [4.78, 5) is 3.77. The van der Waals surface area contributed by atoms with Crippen LogP contribution in [0.4, 0.5) is 4.39 Å². The molecule has 0 saturated carbocycles. The molecule has 80 valence electrons. The van der Waals surface area contributed by atoms with Gasteiger partial charge in [0.05, 0.1) is 12.2 Å². The van der Waals surface area contributed by atoms with Crippen molar-refractivity contribution in [3.05, 3.63) is 65.2 Å². The van der Waals surface area contributed by atoms with E-state index in [4.69, 9.17) is 0 Å². The van der Waals surface area contributed by atoms with Crippen LogP contribution in [-0.4, -0.2) is 4.98 Å². The van der Waals surface area contributed by atoms with Gasteiger partial charge in [-0.25, -0.2) is 4.39 Å². The Morgan fingerprint density at radius 2 is 2.06 bits per heavy atom. The van der Waals surface area contributed by atoms with Crippen LogP contribution in [0.15, 0.2) is 42.7 Å². The maximum atomic E-state index is 13.6. The Hall–Kier alpha value is -1.74. The molecule has 1 N–H and O–H groups in total. The normalized spacial score (nSPS) is 18.4. The third kappa shape index (κ3) is 1.41. The zero-order chi connectivity index (χ0) is 11.0. The van der Waals surface area contributed by atoms with Gasteiger partial charge in [-0.15, -0.1) is 0 Å². The van der Waals surface area contributed by atoms with Gasteiger partial charge in [-0.1, -0.05) is 24.3 Å². The van der Waals surface area contributed by atoms with Crippen molar-refractivity contribution < 1.29 is 4.39 Å². The Morgan fingerprint density at radius 1 is 1.19 bits per heavy atom. The van der Waals surface area contributed by atoms with E-state index in [2.05, 4.69) is 16.4 Å². The molecular weight excluding hydrogens is 203 g/mol. The van der Waals surface area contributed by atoms with Crippen LogP contribution in [0.3, 0.4) is 0 Å². The molecule has 1 aliphatic heterocycles. The Morgan fingerprint density at radius 3 is 2.94 bits per heavy atom. The number of benzene rings is 1. The van der Waals surface area contributed by atoms with E-state index >= 15 is 0 Å². The predicted octanol–water partition coefficient (Wildman–Crippen LogP) is 2.41. The maximum Gasteiger partial charge on any atom is 0.146 e. The second-order valence-electron chi connectivity index (χ2n) is 3.91. The van der Waals surface area contributed by atoms with Gasteiger partial charge in [0.2, 0.25) is 0 Å². The number of nitrogens with zero attached hydrogens (tertiary/aromatic N) is 1. The number of halogens is 1. The van der Waals surface area contributed by atoms with Crippen molar-refractivity contribution in [3.63, 3.8) is 0 Å². The first-order chi connectivity index (χ1) is 7.86. The van der Waals surface area contributed by atoms with Crippen LogP contribution in [0.2, 0.25) is 0 Å². The SMILES string of the molecule is Fc1cnccc1C1NCc2ccccc21. The van der Waals surface area contributed by atoms with Gasteiger partial charge in [0.1, 0.15) is 5.82 Å². The molecule has 1 unspecified atom stereocenters. The molecule has 0 radical (unpaired) electrons. The summed E-state index contributed by atoms with van der Waals surface area (Å²) in [6.07, 6.45) is 2.89. The second kappa shape index (κ2) is 3.68. The molecule has 0 saturated heterocycles. The molecule has 1 aromatic carbocycles. The van der Waals surface area contributed by atoms with Gasteiger partial charge in [-0.3, -0.25) is 4.98 Å². The molecule has 0 aliphatic carbocycles. The Balaban J connectivity index is 2.08. The average molecular weight is 214 g/mol. The van der Waals surface area contributed by atoms with Crippen molar-refractivity contribution in [3.8, 4) is 0 Å². The summed E-state index contributed by atoms with van der Waals surface area (Å²) < 4.78 is 13.6. The number of aromatic nitrogens is 1. The standard InChI is InChI=1S/C13H11FN2/c14-12-8-15-6-5-11(12)13-10-4-2-1-3-9(10)7-16-13/h1-6,8,13,16H,7H2. The minimum atomic E-state index is -0.253. The van der Waals surface area contributed by atoms with E-state index in [0.717, 1.165) is 12.1 Å². The number of hydrogen-bond donors (Lipinski definition) is 1. The molecule has 0 spiro atoms. The van der Waals surface area contributed by atoms with E-state index in [9.17, 15) is 4.39 Å². The predicted molar refractivity (Wildman–Crippen MR) is 59.3 cm³/mol. The molecule has 2 nitrogen and oxygen atoms in total. The lowest BCUT2D eigenvalue weighted by molar-refractivity contribution is 0.567. The molecule has 1 atom stereocenters. The first kappa shape index (κ1) is 9.48. The first-order valence-corrected chi connectivity index (χ1v) is 5.27. The fraction of sp³-hybridized carbons (Fsp3) is 0.154. The summed E-state index contributed by atoms with van der Waals surface area (Å²) in [5.74, 6) is -0.253. The summed E-state index contributed by atoms with van der Waals surface area (Å²) in [6, 6.07) is 9.79. The Bertz CT molecular complexity index is 525. The minimum absolute atomic E-state index is 0.0424. The summed E-state index contributed by atoms with van der Waals surface area (Å²) in [5.41, 5.74) is 3.07. The van der Waals surface area contributed by atoms with Crippen LogP contribution in [0.1, 0.15) is 22.7 Å². The number of rotatable bonds is 1. The summed E-state index contributed by atoms with van der Waals surface area (Å²) >= 11 is 0. The molecule has 16 heavy (non-hydrogen) atoms. The van der Waals surface area contributed by atoms with Crippen molar-refractivity contribution in [2.45, 2.75) is 12.6 Å². The van der Waals surface area contributed by atoms with E-state index in [1.54, 1.807) is 12.3 Å². The van der Waals surface area contributed by atoms with Gasteiger partial charge >= 0.3 is 0 Å². The molecule has 2 heterocycles. The molecule has 2 aromatic rings. The molecule has 1 aromatic heterocycles. The van der Waals surface area contributed by atoms with Crippen molar-refractivity contribution in [1.82, 2.24) is 10.3 Å². The molecule has 0 bridgehead atoms. The summed E-state index contributed by atoms with van der Waals surface area (Å²) in [6.45, 7) is 0.794. The van der Waals surface area contributed by atoms with Crippen molar-refractivity contribution in [1.29, 1.82) is 0 Å². The lowest BCUT2D eigenvalue weighted by Crippen LogP contribution is -2.14. The van der Waals surface area contributed by atoms with Crippen LogP contribution in [0.5, 0.6) is 0 Å². The monoisotopic (exact) mass is 214 g/mol. The van der Waals surface area contributed by atoms with Crippen LogP contribution >= 0.6 is 0 Å². The van der Waals surface area contributed by atoms with Crippen LogP contribution in [0.25, 0.3) is 0 Å². The van der Waals surface area contributed by atoms with Gasteiger partial charge in [0, 0.05) is 18.3 Å². The third-order valence-corrected chi connectivity index (χ3v) is 2.98. The lowest BCUT2D eigenvalue weighted by Gasteiger charge is -2.12. The zero-order valence-corrected chi connectivity index (χ0v) is 8.65. The van der Waals surface area contributed by atoms with E-state index < -0.39 is 0 Å². The molecule has 3 heteroatoms. The molecule has 1 aliphatic rings. The number of hydrogen-bond acceptors (Lipinski definition) is 2. The fourth-order valence-electron chi connectivity index (χ4n) is 2.20. The van der Waals surface area contributed by atoms with Crippen LogP contribution in [-0.2, 0) is 6.54 Å². The largest absolute Gasteiger partial charge is 0.302 e. The van der Waals surface area contributed by atoms with Gasteiger partial charge in [-0.05, 0) is 17.2 Å². The minimum Gasteiger partial charge on any atom is -0.302 e. The maximum absolute atomic E-state index is 13.6. The molecular formula is C13H11FN2. The summed E-state index contributed by atoms with van der Waals surface area (Å²) in [5, 5.41) is 3.31. The van der Waals surface area contributed by atoms with E-state index in [-0.39, 0.29) is 11.9 Å². The van der Waals surface area contributed by atoms with Crippen molar-refractivity contribution in [2.75, 3.05) is 0 Å². The highest BCUT2D eigenvalue weighted by molar-refractivity contribution is 5.40. The van der Waals surface area contributed by atoms with Gasteiger partial charge < -0.3 is 5.32 Å². The van der Waals surface area contributed by atoms with Crippen molar-refractivity contribution in [2.24, 2.45) is 0 Å². The third-order valence-electron chi connectivity index (χ3n) is 2.98. The Kier molecular flexibility index (Phi) is 2.18. The lowest BCUT2D eigenvalue weighted by atomic mass is 9.99. The fourth-order valence-corrected chi connectivity index (χ4v) is 2.20. The van der Waals surface area contributed by atoms with Gasteiger partial charge in [0.25, 0.3) is 0 Å². The van der Waals surface area contributed by atoms with E-state index in [1.807, 2.05) is 18.2 Å². The van der Waals surface area contributed by atoms with Crippen molar-refractivity contribution >= 4 is 0 Å². The summed E-state index contributed by atoms with van der Waals surface area (Å²) in [7, 11) is 0. The van der Waals surface area contributed by atoms with Crippen LogP contribution < -0.4 is 5.32 Å². The first-order valence-electron chi connectivity index (χ1n) is 5.27. The highest BCUT2D eigenvalue weighted by Gasteiger charge is 2.24. The Labute approximate surface area is 93.1 Å². The number of nitrogens with one attached hydrogen (secondary N) is 1. The smallest absolute Gasteiger partial charge is 0.146 e. The number of fused-ring (bicyclic) bond motifs is 1. The highest BCUT2D eigenvalue weighted by Crippen LogP contribution is 2.31. The molecule has 0 fully saturated rings. The highest BCUT2D eigenvalue weighted by atomic mass is 19.1. The topological polar surface area (TPSA) is 24.9 Å².